The van der Waals surface area contributed by atoms with Crippen LogP contribution in [0.4, 0.5) is 0 Å². The number of nitrogens with one attached hydrogen (secondary N) is 1. The van der Waals surface area contributed by atoms with Gasteiger partial charge in [0.25, 0.3) is 0 Å². The molecule has 2 atom stereocenters. The second kappa shape index (κ2) is 9.01. The molecule has 0 heterocycles. The Kier molecular flexibility index (Phi) is 8.08. The highest BCUT2D eigenvalue weighted by molar-refractivity contribution is 4.99. The van der Waals surface area contributed by atoms with Gasteiger partial charge in [-0.1, -0.05) is 27.2 Å². The summed E-state index contributed by atoms with van der Waals surface area (Å²) in [4.78, 5) is 2.46. The van der Waals surface area contributed by atoms with Crippen LogP contribution in [0.15, 0.2) is 0 Å². The maximum atomic E-state index is 9.88. The largest absolute Gasteiger partial charge is 0.394 e. The van der Waals surface area contributed by atoms with Crippen molar-refractivity contribution in [3.8, 4) is 0 Å². The number of hydrogen-bond acceptors (Lipinski definition) is 3. The molecular formula is C17H36N2O. The first-order valence-corrected chi connectivity index (χ1v) is 8.58. The van der Waals surface area contributed by atoms with Gasteiger partial charge in [0, 0.05) is 5.54 Å². The van der Waals surface area contributed by atoms with E-state index in [1.54, 1.807) is 0 Å². The van der Waals surface area contributed by atoms with Gasteiger partial charge in [-0.05, 0) is 70.6 Å². The van der Waals surface area contributed by atoms with Gasteiger partial charge < -0.3 is 15.3 Å². The van der Waals surface area contributed by atoms with Gasteiger partial charge in [0.05, 0.1) is 6.61 Å². The molecule has 0 saturated heterocycles. The first kappa shape index (κ1) is 17.9. The summed E-state index contributed by atoms with van der Waals surface area (Å²) in [6, 6.07) is 0. The monoisotopic (exact) mass is 284 g/mol. The van der Waals surface area contributed by atoms with Crippen molar-refractivity contribution in [3.05, 3.63) is 0 Å². The van der Waals surface area contributed by atoms with Gasteiger partial charge >= 0.3 is 0 Å². The van der Waals surface area contributed by atoms with Gasteiger partial charge in [-0.2, -0.15) is 0 Å². The average molecular weight is 284 g/mol. The SMILES string of the molecule is CCCNC1(CO)CCCC1CCN(C)CCC(C)C. The quantitative estimate of drug-likeness (QED) is 0.647. The molecule has 1 aliphatic rings. The van der Waals surface area contributed by atoms with E-state index in [9.17, 15) is 5.11 Å². The molecule has 0 amide bonds. The van der Waals surface area contributed by atoms with Crippen LogP contribution in [0.2, 0.25) is 0 Å². The Hall–Kier alpha value is -0.120. The molecule has 1 saturated carbocycles. The summed E-state index contributed by atoms with van der Waals surface area (Å²) >= 11 is 0. The summed E-state index contributed by atoms with van der Waals surface area (Å²) in [5.41, 5.74) is 0.00883. The Balaban J connectivity index is 2.40. The Morgan fingerprint density at radius 1 is 1.35 bits per heavy atom. The van der Waals surface area contributed by atoms with Gasteiger partial charge in [0.15, 0.2) is 0 Å². The van der Waals surface area contributed by atoms with Crippen molar-refractivity contribution in [1.29, 1.82) is 0 Å². The number of rotatable bonds is 10. The number of aliphatic hydroxyl groups excluding tert-OH is 1. The first-order valence-electron chi connectivity index (χ1n) is 8.58. The lowest BCUT2D eigenvalue weighted by atomic mass is 9.85. The van der Waals surface area contributed by atoms with Crippen LogP contribution in [0.1, 0.15) is 59.3 Å². The highest BCUT2D eigenvalue weighted by Gasteiger charge is 2.41. The number of aliphatic hydroxyl groups is 1. The molecule has 0 aromatic heterocycles. The zero-order valence-electron chi connectivity index (χ0n) is 14.1. The van der Waals surface area contributed by atoms with Gasteiger partial charge in [0.1, 0.15) is 0 Å². The van der Waals surface area contributed by atoms with Crippen LogP contribution in [0.25, 0.3) is 0 Å². The van der Waals surface area contributed by atoms with Crippen molar-refractivity contribution >= 4 is 0 Å². The molecule has 0 aromatic rings. The average Bonchev–Trinajstić information content (AvgIpc) is 2.84. The van der Waals surface area contributed by atoms with Crippen molar-refractivity contribution in [2.24, 2.45) is 11.8 Å². The van der Waals surface area contributed by atoms with E-state index in [4.69, 9.17) is 0 Å². The molecule has 0 radical (unpaired) electrons. The molecule has 2 unspecified atom stereocenters. The molecular weight excluding hydrogens is 248 g/mol. The van der Waals surface area contributed by atoms with Crippen molar-refractivity contribution < 1.29 is 5.11 Å². The maximum Gasteiger partial charge on any atom is 0.0616 e. The van der Waals surface area contributed by atoms with Crippen molar-refractivity contribution in [1.82, 2.24) is 10.2 Å². The Morgan fingerprint density at radius 3 is 2.70 bits per heavy atom. The molecule has 120 valence electrons. The van der Waals surface area contributed by atoms with E-state index >= 15 is 0 Å². The van der Waals surface area contributed by atoms with E-state index in [2.05, 4.69) is 38.0 Å². The third kappa shape index (κ3) is 5.34. The van der Waals surface area contributed by atoms with Crippen molar-refractivity contribution in [3.63, 3.8) is 0 Å². The van der Waals surface area contributed by atoms with Crippen LogP contribution < -0.4 is 5.32 Å². The summed E-state index contributed by atoms with van der Waals surface area (Å²) in [6.45, 7) is 10.5. The summed E-state index contributed by atoms with van der Waals surface area (Å²) < 4.78 is 0. The fourth-order valence-electron chi connectivity index (χ4n) is 3.40. The van der Waals surface area contributed by atoms with Crippen LogP contribution >= 0.6 is 0 Å². The molecule has 0 spiro atoms. The lowest BCUT2D eigenvalue weighted by molar-refractivity contribution is 0.113. The third-order valence-corrected chi connectivity index (χ3v) is 4.91. The standard InChI is InChI=1S/C17H36N2O/c1-5-11-18-17(14-20)10-6-7-16(17)9-13-19(4)12-8-15(2)3/h15-16,18,20H,5-14H2,1-4H3. The summed E-state index contributed by atoms with van der Waals surface area (Å²) in [7, 11) is 2.23. The lowest BCUT2D eigenvalue weighted by Crippen LogP contribution is -2.52. The molecule has 1 fully saturated rings. The molecule has 0 bridgehead atoms. The van der Waals surface area contributed by atoms with Gasteiger partial charge in [0.2, 0.25) is 0 Å². The van der Waals surface area contributed by atoms with Crippen LogP contribution in [-0.4, -0.2) is 48.8 Å². The maximum absolute atomic E-state index is 9.88. The van der Waals surface area contributed by atoms with Crippen LogP contribution in [-0.2, 0) is 0 Å². The minimum absolute atomic E-state index is 0.00883. The van der Waals surface area contributed by atoms with Gasteiger partial charge in [-0.25, -0.2) is 0 Å². The van der Waals surface area contributed by atoms with Gasteiger partial charge in [-0.15, -0.1) is 0 Å². The number of nitrogens with zero attached hydrogens (tertiary/aromatic N) is 1. The van der Waals surface area contributed by atoms with E-state index in [1.807, 2.05) is 0 Å². The van der Waals surface area contributed by atoms with Crippen LogP contribution in [0, 0.1) is 11.8 Å². The van der Waals surface area contributed by atoms with E-state index in [1.165, 1.54) is 32.2 Å². The summed E-state index contributed by atoms with van der Waals surface area (Å²) in [5, 5.41) is 13.5. The Bertz CT molecular complexity index is 257. The van der Waals surface area contributed by atoms with E-state index < -0.39 is 0 Å². The Labute approximate surface area is 126 Å². The van der Waals surface area contributed by atoms with E-state index in [0.29, 0.717) is 12.5 Å². The second-order valence-corrected chi connectivity index (χ2v) is 7.10. The highest BCUT2D eigenvalue weighted by atomic mass is 16.3. The van der Waals surface area contributed by atoms with Crippen molar-refractivity contribution in [2.75, 3.05) is 33.3 Å². The van der Waals surface area contributed by atoms with E-state index in [-0.39, 0.29) is 5.54 Å². The Morgan fingerprint density at radius 2 is 2.10 bits per heavy atom. The smallest absolute Gasteiger partial charge is 0.0616 e. The zero-order valence-corrected chi connectivity index (χ0v) is 14.1. The van der Waals surface area contributed by atoms with E-state index in [0.717, 1.165) is 31.8 Å². The van der Waals surface area contributed by atoms with Gasteiger partial charge in [-0.3, -0.25) is 0 Å². The third-order valence-electron chi connectivity index (χ3n) is 4.91. The predicted molar refractivity (Wildman–Crippen MR) is 87.0 cm³/mol. The fraction of sp³-hybridized carbons (Fsp3) is 1.00. The lowest BCUT2D eigenvalue weighted by Gasteiger charge is -2.36. The normalized spacial score (nSPS) is 26.9. The second-order valence-electron chi connectivity index (χ2n) is 7.10. The van der Waals surface area contributed by atoms with Crippen LogP contribution in [0.3, 0.4) is 0 Å². The molecule has 3 heteroatoms. The van der Waals surface area contributed by atoms with Crippen LogP contribution in [0.5, 0.6) is 0 Å². The molecule has 20 heavy (non-hydrogen) atoms. The topological polar surface area (TPSA) is 35.5 Å². The van der Waals surface area contributed by atoms with Crippen molar-refractivity contribution in [2.45, 2.75) is 64.8 Å². The molecule has 2 N–H and O–H groups in total. The summed E-state index contributed by atoms with van der Waals surface area (Å²) in [6.07, 6.45) is 7.31. The minimum atomic E-state index is 0.00883. The molecule has 0 aliphatic heterocycles. The number of hydrogen-bond donors (Lipinski definition) is 2. The molecule has 0 aromatic carbocycles. The predicted octanol–water partition coefficient (Wildman–Crippen LogP) is 2.89. The molecule has 3 nitrogen and oxygen atoms in total. The highest BCUT2D eigenvalue weighted by Crippen LogP contribution is 2.37. The summed E-state index contributed by atoms with van der Waals surface area (Å²) in [5.74, 6) is 1.42. The zero-order chi connectivity index (χ0) is 15.0. The fourth-order valence-corrected chi connectivity index (χ4v) is 3.40. The molecule has 1 aliphatic carbocycles. The molecule has 1 rings (SSSR count). The first-order chi connectivity index (χ1) is 9.54. The minimum Gasteiger partial charge on any atom is -0.394 e.